The number of rotatable bonds is 7. The zero-order valence-electron chi connectivity index (χ0n) is 12.9. The Morgan fingerprint density at radius 3 is 2.24 bits per heavy atom. The van der Waals surface area contributed by atoms with Gasteiger partial charge in [-0.1, -0.05) is 26.0 Å². The van der Waals surface area contributed by atoms with E-state index in [-0.39, 0.29) is 5.92 Å². The molecule has 5 nitrogen and oxygen atoms in total. The van der Waals surface area contributed by atoms with E-state index in [0.717, 1.165) is 11.8 Å². The van der Waals surface area contributed by atoms with Crippen LogP contribution in [-0.2, 0) is 4.79 Å². The quantitative estimate of drug-likeness (QED) is 0.784. The van der Waals surface area contributed by atoms with Crippen LogP contribution in [0.4, 0.5) is 4.79 Å². The van der Waals surface area contributed by atoms with Gasteiger partial charge in [0.05, 0.1) is 13.2 Å². The van der Waals surface area contributed by atoms with Crippen molar-refractivity contribution in [1.29, 1.82) is 0 Å². The van der Waals surface area contributed by atoms with Crippen molar-refractivity contribution in [2.75, 3.05) is 13.7 Å². The Kier molecular flexibility index (Phi) is 6.21. The standard InChI is InChI=1S/C16H23NO4/c1-5-17(16(19)20)15(14(10-18)11(2)3)12-6-8-13(21-4)9-7-12/h6-11,14-15H,5H2,1-4H3,(H,19,20)/t14-,15-/m1/s1. The SMILES string of the molecule is CCN(C(=O)O)[C@H](c1ccc(OC)cc1)[C@H](C=O)C(C)C. The first-order chi connectivity index (χ1) is 9.96. The maximum absolute atomic E-state index is 11.5. The Morgan fingerprint density at radius 1 is 1.33 bits per heavy atom. The molecule has 0 bridgehead atoms. The lowest BCUT2D eigenvalue weighted by Crippen LogP contribution is -2.39. The second-order valence-corrected chi connectivity index (χ2v) is 5.24. The summed E-state index contributed by atoms with van der Waals surface area (Å²) in [6.45, 7) is 5.94. The van der Waals surface area contributed by atoms with Crippen LogP contribution in [0.25, 0.3) is 0 Å². The molecule has 0 aliphatic heterocycles. The minimum atomic E-state index is -1.02. The normalized spacial score (nSPS) is 13.6. The molecule has 0 saturated carbocycles. The lowest BCUT2D eigenvalue weighted by Gasteiger charge is -2.34. The summed E-state index contributed by atoms with van der Waals surface area (Å²) in [5.74, 6) is 0.348. The van der Waals surface area contributed by atoms with Crippen molar-refractivity contribution >= 4 is 12.4 Å². The van der Waals surface area contributed by atoms with Gasteiger partial charge in [-0.15, -0.1) is 0 Å². The van der Waals surface area contributed by atoms with Crippen LogP contribution in [-0.4, -0.2) is 36.0 Å². The Balaban J connectivity index is 3.27. The maximum Gasteiger partial charge on any atom is 0.407 e. The minimum Gasteiger partial charge on any atom is -0.497 e. The van der Waals surface area contributed by atoms with E-state index >= 15 is 0 Å². The number of nitrogens with zero attached hydrogens (tertiary/aromatic N) is 1. The predicted octanol–water partition coefficient (Wildman–Crippen LogP) is 3.21. The highest BCUT2D eigenvalue weighted by Gasteiger charge is 2.33. The fraction of sp³-hybridized carbons (Fsp3) is 0.500. The molecule has 116 valence electrons. The maximum atomic E-state index is 11.5. The van der Waals surface area contributed by atoms with Crippen molar-refractivity contribution in [2.45, 2.75) is 26.8 Å². The van der Waals surface area contributed by atoms with Gasteiger partial charge in [0.1, 0.15) is 12.0 Å². The number of hydrogen-bond acceptors (Lipinski definition) is 3. The Bertz CT molecular complexity index is 468. The van der Waals surface area contributed by atoms with Crippen LogP contribution in [0, 0.1) is 11.8 Å². The summed E-state index contributed by atoms with van der Waals surface area (Å²) in [5.41, 5.74) is 0.797. The van der Waals surface area contributed by atoms with Crippen LogP contribution in [0.5, 0.6) is 5.75 Å². The average Bonchev–Trinajstić information content (AvgIpc) is 2.46. The molecule has 21 heavy (non-hydrogen) atoms. The minimum absolute atomic E-state index is 0.0444. The third kappa shape index (κ3) is 3.97. The van der Waals surface area contributed by atoms with Crippen molar-refractivity contribution in [1.82, 2.24) is 4.90 Å². The molecule has 1 N–H and O–H groups in total. The number of amides is 1. The third-order valence-corrected chi connectivity index (χ3v) is 3.67. The zero-order valence-corrected chi connectivity index (χ0v) is 12.9. The number of ether oxygens (including phenoxy) is 1. The monoisotopic (exact) mass is 293 g/mol. The number of benzene rings is 1. The van der Waals surface area contributed by atoms with Gasteiger partial charge in [-0.05, 0) is 30.5 Å². The highest BCUT2D eigenvalue weighted by Crippen LogP contribution is 2.33. The molecule has 0 aromatic heterocycles. The Labute approximate surface area is 125 Å². The molecule has 1 rings (SSSR count). The number of carbonyl (C=O) groups excluding carboxylic acids is 1. The Hall–Kier alpha value is -2.04. The number of carboxylic acid groups (broad SMARTS) is 1. The average molecular weight is 293 g/mol. The van der Waals surface area contributed by atoms with Gasteiger partial charge in [0.2, 0.25) is 0 Å². The van der Waals surface area contributed by atoms with Gasteiger partial charge in [-0.2, -0.15) is 0 Å². The third-order valence-electron chi connectivity index (χ3n) is 3.67. The summed E-state index contributed by atoms with van der Waals surface area (Å²) in [6.07, 6.45) is -0.170. The van der Waals surface area contributed by atoms with Crippen molar-refractivity contribution < 1.29 is 19.4 Å². The van der Waals surface area contributed by atoms with E-state index in [1.165, 1.54) is 4.90 Å². The molecule has 0 spiro atoms. The van der Waals surface area contributed by atoms with E-state index in [4.69, 9.17) is 4.74 Å². The zero-order chi connectivity index (χ0) is 16.0. The van der Waals surface area contributed by atoms with Crippen LogP contribution in [0.3, 0.4) is 0 Å². The van der Waals surface area contributed by atoms with Crippen molar-refractivity contribution in [3.63, 3.8) is 0 Å². The second-order valence-electron chi connectivity index (χ2n) is 5.24. The van der Waals surface area contributed by atoms with E-state index in [1.54, 1.807) is 26.2 Å². The summed E-state index contributed by atoms with van der Waals surface area (Å²) in [6, 6.07) is 6.69. The lowest BCUT2D eigenvalue weighted by atomic mass is 9.84. The van der Waals surface area contributed by atoms with Gasteiger partial charge in [-0.25, -0.2) is 4.79 Å². The van der Waals surface area contributed by atoms with E-state index in [0.29, 0.717) is 12.3 Å². The summed E-state index contributed by atoms with van der Waals surface area (Å²) >= 11 is 0. The topological polar surface area (TPSA) is 66.8 Å². The molecule has 0 radical (unpaired) electrons. The molecular formula is C16H23NO4. The molecule has 5 heteroatoms. The van der Waals surface area contributed by atoms with E-state index < -0.39 is 18.1 Å². The summed E-state index contributed by atoms with van der Waals surface area (Å²) in [7, 11) is 1.57. The first kappa shape index (κ1) is 17.0. The lowest BCUT2D eigenvalue weighted by molar-refractivity contribution is -0.114. The fourth-order valence-corrected chi connectivity index (χ4v) is 2.46. The molecule has 0 unspecified atom stereocenters. The molecule has 1 amide bonds. The van der Waals surface area contributed by atoms with Gasteiger partial charge >= 0.3 is 6.09 Å². The van der Waals surface area contributed by atoms with Gasteiger partial charge in [0, 0.05) is 12.5 Å². The fourth-order valence-electron chi connectivity index (χ4n) is 2.46. The van der Waals surface area contributed by atoms with Crippen LogP contribution in [0.15, 0.2) is 24.3 Å². The molecule has 1 aromatic carbocycles. The van der Waals surface area contributed by atoms with Crippen molar-refractivity contribution in [2.24, 2.45) is 11.8 Å². The Morgan fingerprint density at radius 2 is 1.90 bits per heavy atom. The van der Waals surface area contributed by atoms with Crippen molar-refractivity contribution in [3.05, 3.63) is 29.8 Å². The number of carbonyl (C=O) groups is 2. The molecule has 0 saturated heterocycles. The molecule has 1 aromatic rings. The summed E-state index contributed by atoms with van der Waals surface area (Å²) in [4.78, 5) is 24.3. The molecule has 0 aliphatic carbocycles. The summed E-state index contributed by atoms with van der Waals surface area (Å²) in [5, 5.41) is 9.42. The van der Waals surface area contributed by atoms with E-state index in [1.807, 2.05) is 26.0 Å². The van der Waals surface area contributed by atoms with Gasteiger partial charge in [-0.3, -0.25) is 0 Å². The van der Waals surface area contributed by atoms with Crippen molar-refractivity contribution in [3.8, 4) is 5.75 Å². The summed E-state index contributed by atoms with van der Waals surface area (Å²) < 4.78 is 5.12. The van der Waals surface area contributed by atoms with Crippen LogP contribution >= 0.6 is 0 Å². The highest BCUT2D eigenvalue weighted by atomic mass is 16.5. The highest BCUT2D eigenvalue weighted by molar-refractivity contribution is 5.67. The van der Waals surface area contributed by atoms with Gasteiger partial charge in [0.15, 0.2) is 0 Å². The van der Waals surface area contributed by atoms with Crippen LogP contribution < -0.4 is 4.74 Å². The number of hydrogen-bond donors (Lipinski definition) is 1. The smallest absolute Gasteiger partial charge is 0.407 e. The van der Waals surface area contributed by atoms with E-state index in [9.17, 15) is 14.7 Å². The first-order valence-corrected chi connectivity index (χ1v) is 7.05. The first-order valence-electron chi connectivity index (χ1n) is 7.05. The predicted molar refractivity (Wildman–Crippen MR) is 80.5 cm³/mol. The molecule has 0 fully saturated rings. The number of methoxy groups -OCH3 is 1. The molecule has 0 aliphatic rings. The molecule has 2 atom stereocenters. The largest absolute Gasteiger partial charge is 0.497 e. The van der Waals surface area contributed by atoms with Crippen LogP contribution in [0.2, 0.25) is 0 Å². The molecule has 0 heterocycles. The van der Waals surface area contributed by atoms with E-state index in [2.05, 4.69) is 0 Å². The number of aldehydes is 1. The second kappa shape index (κ2) is 7.67. The molecular weight excluding hydrogens is 270 g/mol. The van der Waals surface area contributed by atoms with Gasteiger partial charge in [0.25, 0.3) is 0 Å². The van der Waals surface area contributed by atoms with Gasteiger partial charge < -0.3 is 19.5 Å². The van der Waals surface area contributed by atoms with Crippen LogP contribution in [0.1, 0.15) is 32.4 Å².